The molecule has 0 aliphatic carbocycles. The van der Waals surface area contributed by atoms with Gasteiger partial charge in [-0.2, -0.15) is 0 Å². The molecule has 31 heavy (non-hydrogen) atoms. The summed E-state index contributed by atoms with van der Waals surface area (Å²) in [4.78, 5) is 23.8. The number of ether oxygens (including phenoxy) is 2. The molecule has 0 saturated heterocycles. The van der Waals surface area contributed by atoms with Gasteiger partial charge in [0.1, 0.15) is 6.61 Å². The van der Waals surface area contributed by atoms with Gasteiger partial charge < -0.3 is 19.7 Å². The van der Waals surface area contributed by atoms with E-state index in [4.69, 9.17) is 9.47 Å². The fraction of sp³-hybridized carbons (Fsp3) is 0.292. The Morgan fingerprint density at radius 1 is 0.968 bits per heavy atom. The van der Waals surface area contributed by atoms with Crippen LogP contribution < -0.4 is 19.7 Å². The summed E-state index contributed by atoms with van der Waals surface area (Å²) in [5.74, 6) is 0.786. The maximum absolute atomic E-state index is 12.7. The second kappa shape index (κ2) is 9.47. The van der Waals surface area contributed by atoms with Crippen LogP contribution in [0.15, 0.2) is 42.5 Å². The van der Waals surface area contributed by atoms with Crippen LogP contribution in [0.2, 0.25) is 0 Å². The van der Waals surface area contributed by atoms with Crippen molar-refractivity contribution in [2.75, 3.05) is 31.4 Å². The van der Waals surface area contributed by atoms with Gasteiger partial charge in [-0.25, -0.2) is 0 Å². The molecule has 1 amide bonds. The highest BCUT2D eigenvalue weighted by Crippen LogP contribution is 2.29. The van der Waals surface area contributed by atoms with Crippen molar-refractivity contribution in [2.24, 2.45) is 0 Å². The smallest absolute Gasteiger partial charge is 0.255 e. The number of carbonyl (C=O) groups excluding carboxylic acids is 1. The zero-order valence-corrected chi connectivity index (χ0v) is 18.8. The van der Waals surface area contributed by atoms with Crippen molar-refractivity contribution in [1.82, 2.24) is 9.97 Å². The fourth-order valence-corrected chi connectivity index (χ4v) is 3.04. The molecule has 3 rings (SSSR count). The van der Waals surface area contributed by atoms with Crippen LogP contribution in [-0.2, 0) is 6.61 Å². The van der Waals surface area contributed by atoms with Crippen molar-refractivity contribution in [3.05, 3.63) is 70.8 Å². The van der Waals surface area contributed by atoms with Gasteiger partial charge in [0.05, 0.1) is 29.9 Å². The van der Waals surface area contributed by atoms with Crippen molar-refractivity contribution >= 4 is 17.3 Å². The first-order chi connectivity index (χ1) is 14.8. The molecule has 0 atom stereocenters. The number of benzene rings is 2. The minimum Gasteiger partial charge on any atom is -0.493 e. The number of carbonyl (C=O) groups is 1. The van der Waals surface area contributed by atoms with Gasteiger partial charge in [0, 0.05) is 31.0 Å². The molecule has 0 unspecified atom stereocenters. The van der Waals surface area contributed by atoms with E-state index < -0.39 is 0 Å². The van der Waals surface area contributed by atoms with Crippen LogP contribution in [0.25, 0.3) is 0 Å². The number of rotatable bonds is 7. The number of aromatic nitrogens is 2. The minimum absolute atomic E-state index is 0.225. The van der Waals surface area contributed by atoms with Crippen LogP contribution >= 0.6 is 0 Å². The Bertz CT molecular complexity index is 1100. The first-order valence-electron chi connectivity index (χ1n) is 9.98. The average Bonchev–Trinajstić information content (AvgIpc) is 2.75. The summed E-state index contributed by atoms with van der Waals surface area (Å²) in [5, 5.41) is 2.92. The highest BCUT2D eigenvalue weighted by atomic mass is 16.5. The quantitative estimate of drug-likeness (QED) is 0.614. The Morgan fingerprint density at radius 2 is 1.71 bits per heavy atom. The predicted molar refractivity (Wildman–Crippen MR) is 122 cm³/mol. The van der Waals surface area contributed by atoms with Crippen molar-refractivity contribution < 1.29 is 14.3 Å². The summed E-state index contributed by atoms with van der Waals surface area (Å²) in [6, 6.07) is 12.8. The third-order valence-electron chi connectivity index (χ3n) is 4.99. The van der Waals surface area contributed by atoms with Gasteiger partial charge in [-0.1, -0.05) is 6.07 Å². The molecule has 0 radical (unpaired) electrons. The molecule has 0 bridgehead atoms. The van der Waals surface area contributed by atoms with E-state index in [2.05, 4.69) is 15.3 Å². The molecule has 7 heteroatoms. The summed E-state index contributed by atoms with van der Waals surface area (Å²) in [6.45, 7) is 6.03. The summed E-state index contributed by atoms with van der Waals surface area (Å²) >= 11 is 0. The van der Waals surface area contributed by atoms with E-state index in [1.807, 2.05) is 64.0 Å². The number of nitrogens with zero attached hydrogens (tertiary/aromatic N) is 3. The Morgan fingerprint density at radius 3 is 2.42 bits per heavy atom. The van der Waals surface area contributed by atoms with Gasteiger partial charge in [-0.05, 0) is 57.2 Å². The topological polar surface area (TPSA) is 76.6 Å². The minimum atomic E-state index is -0.225. The number of hydrogen-bond acceptors (Lipinski definition) is 6. The van der Waals surface area contributed by atoms with E-state index in [1.165, 1.54) is 0 Å². The molecule has 3 aromatic rings. The Balaban J connectivity index is 1.74. The zero-order valence-electron chi connectivity index (χ0n) is 18.8. The molecule has 0 fully saturated rings. The lowest BCUT2D eigenvalue weighted by molar-refractivity contribution is 0.102. The maximum atomic E-state index is 12.7. The number of aryl methyl sites for hydroxylation is 3. The van der Waals surface area contributed by atoms with E-state index >= 15 is 0 Å². The summed E-state index contributed by atoms with van der Waals surface area (Å²) < 4.78 is 11.4. The maximum Gasteiger partial charge on any atom is 0.255 e. The van der Waals surface area contributed by atoms with Crippen LogP contribution in [-0.4, -0.2) is 37.1 Å². The lowest BCUT2D eigenvalue weighted by Crippen LogP contribution is -2.13. The normalized spacial score (nSPS) is 10.5. The molecule has 0 saturated carbocycles. The van der Waals surface area contributed by atoms with Crippen LogP contribution in [0.5, 0.6) is 11.5 Å². The molecule has 0 aliphatic rings. The fourth-order valence-electron chi connectivity index (χ4n) is 3.04. The SMILES string of the molecule is COc1cc(C(=O)Nc2cccc(N(C)C)c2)ccc1OCc1nc(C)c(C)nc1C. The Labute approximate surface area is 183 Å². The average molecular weight is 421 g/mol. The summed E-state index contributed by atoms with van der Waals surface area (Å²) in [7, 11) is 5.45. The second-order valence-corrected chi connectivity index (χ2v) is 7.48. The molecule has 0 spiro atoms. The second-order valence-electron chi connectivity index (χ2n) is 7.48. The van der Waals surface area contributed by atoms with Gasteiger partial charge in [-0.3, -0.25) is 14.8 Å². The highest BCUT2D eigenvalue weighted by Gasteiger charge is 2.13. The number of methoxy groups -OCH3 is 1. The van der Waals surface area contributed by atoms with Gasteiger partial charge >= 0.3 is 0 Å². The summed E-state index contributed by atoms with van der Waals surface area (Å²) in [6.07, 6.45) is 0. The van der Waals surface area contributed by atoms with Crippen LogP contribution in [0.4, 0.5) is 11.4 Å². The Kier molecular flexibility index (Phi) is 6.74. The van der Waals surface area contributed by atoms with Gasteiger partial charge in [0.15, 0.2) is 11.5 Å². The lowest BCUT2D eigenvalue weighted by Gasteiger charge is -2.15. The number of anilines is 2. The van der Waals surface area contributed by atoms with Crippen molar-refractivity contribution in [2.45, 2.75) is 27.4 Å². The molecule has 162 valence electrons. The third-order valence-corrected chi connectivity index (χ3v) is 4.99. The van der Waals surface area contributed by atoms with E-state index in [-0.39, 0.29) is 12.5 Å². The standard InChI is InChI=1S/C24H28N4O3/c1-15-16(2)26-21(17(3)25-15)14-31-22-11-10-18(12-23(22)30-6)24(29)27-19-8-7-9-20(13-19)28(4)5/h7-13H,14H2,1-6H3,(H,27,29). The van der Waals surface area contributed by atoms with E-state index in [1.54, 1.807) is 25.3 Å². The van der Waals surface area contributed by atoms with Crippen molar-refractivity contribution in [3.8, 4) is 11.5 Å². The molecule has 7 nitrogen and oxygen atoms in total. The van der Waals surface area contributed by atoms with E-state index in [0.29, 0.717) is 17.1 Å². The number of nitrogens with one attached hydrogen (secondary N) is 1. The Hall–Kier alpha value is -3.61. The zero-order chi connectivity index (χ0) is 22.5. The molecule has 1 aromatic heterocycles. The van der Waals surface area contributed by atoms with Crippen LogP contribution in [0.1, 0.15) is 33.1 Å². The van der Waals surface area contributed by atoms with Gasteiger partial charge in [0.25, 0.3) is 5.91 Å². The number of hydrogen-bond donors (Lipinski definition) is 1. The third kappa shape index (κ3) is 5.31. The van der Waals surface area contributed by atoms with Gasteiger partial charge in [0.2, 0.25) is 0 Å². The molecule has 1 N–H and O–H groups in total. The molecule has 2 aromatic carbocycles. The molecule has 0 aliphatic heterocycles. The largest absolute Gasteiger partial charge is 0.493 e. The first kappa shape index (κ1) is 22.1. The molecule has 1 heterocycles. The first-order valence-corrected chi connectivity index (χ1v) is 9.98. The number of amides is 1. The van der Waals surface area contributed by atoms with Crippen LogP contribution in [0, 0.1) is 20.8 Å². The van der Waals surface area contributed by atoms with E-state index in [0.717, 1.165) is 34.2 Å². The van der Waals surface area contributed by atoms with Crippen molar-refractivity contribution in [3.63, 3.8) is 0 Å². The lowest BCUT2D eigenvalue weighted by atomic mass is 10.1. The van der Waals surface area contributed by atoms with Crippen LogP contribution in [0.3, 0.4) is 0 Å². The highest BCUT2D eigenvalue weighted by molar-refractivity contribution is 6.04. The predicted octanol–water partition coefficient (Wildman–Crippen LogP) is 4.31. The molecular weight excluding hydrogens is 392 g/mol. The van der Waals surface area contributed by atoms with E-state index in [9.17, 15) is 4.79 Å². The van der Waals surface area contributed by atoms with Crippen molar-refractivity contribution in [1.29, 1.82) is 0 Å². The summed E-state index contributed by atoms with van der Waals surface area (Å²) in [5.41, 5.74) is 5.59. The van der Waals surface area contributed by atoms with Gasteiger partial charge in [-0.15, -0.1) is 0 Å². The molecular formula is C24H28N4O3. The monoisotopic (exact) mass is 420 g/mol.